The van der Waals surface area contributed by atoms with E-state index in [-0.39, 0.29) is 35.1 Å². The van der Waals surface area contributed by atoms with Crippen molar-refractivity contribution in [1.82, 2.24) is 0 Å². The molecule has 1 aromatic rings. The number of benzene rings is 1. The van der Waals surface area contributed by atoms with Crippen LogP contribution < -0.4 is 35.3 Å². The van der Waals surface area contributed by atoms with E-state index in [1.54, 1.807) is 0 Å². The molecule has 1 atom stereocenters. The summed E-state index contributed by atoms with van der Waals surface area (Å²) in [6.07, 6.45) is -0.438. The topological polar surface area (TPSA) is 121 Å². The van der Waals surface area contributed by atoms with Crippen molar-refractivity contribution in [3.05, 3.63) is 29.8 Å². The number of carbonyl (C=O) groups is 1. The van der Waals surface area contributed by atoms with Crippen LogP contribution in [0.5, 0.6) is 0 Å². The van der Waals surface area contributed by atoms with Crippen LogP contribution >= 0.6 is 0 Å². The third kappa shape index (κ3) is 4.74. The van der Waals surface area contributed by atoms with E-state index in [2.05, 4.69) is 0 Å². The van der Waals surface area contributed by atoms with Gasteiger partial charge in [0.25, 0.3) is 0 Å². The summed E-state index contributed by atoms with van der Waals surface area (Å²) in [6.45, 7) is 0. The second-order valence-corrected chi connectivity index (χ2v) is 4.54. The molecule has 0 saturated heterocycles. The van der Waals surface area contributed by atoms with Gasteiger partial charge in [0.05, 0.1) is 11.3 Å². The Morgan fingerprint density at radius 2 is 1.94 bits per heavy atom. The zero-order valence-corrected chi connectivity index (χ0v) is 12.0. The van der Waals surface area contributed by atoms with Crippen molar-refractivity contribution in [2.45, 2.75) is 17.4 Å². The average Bonchev–Trinajstić information content (AvgIpc) is 2.15. The molecular weight excluding hydrogens is 257 g/mol. The first-order valence-electron chi connectivity index (χ1n) is 4.34. The molecular formula is C9H10NNaO5S. The molecule has 17 heavy (non-hydrogen) atoms. The van der Waals surface area contributed by atoms with Crippen molar-refractivity contribution in [3.63, 3.8) is 0 Å². The fourth-order valence-electron chi connectivity index (χ4n) is 1.31. The van der Waals surface area contributed by atoms with Gasteiger partial charge in [-0.2, -0.15) is 0 Å². The van der Waals surface area contributed by atoms with Gasteiger partial charge in [0, 0.05) is 6.04 Å². The molecule has 0 bridgehead atoms. The summed E-state index contributed by atoms with van der Waals surface area (Å²) >= 11 is 0. The summed E-state index contributed by atoms with van der Waals surface area (Å²) < 4.78 is 32.7. The number of hydrogen-bond acceptors (Lipinski definition) is 5. The number of aliphatic carboxylic acids is 1. The van der Waals surface area contributed by atoms with E-state index >= 15 is 0 Å². The Morgan fingerprint density at radius 1 is 1.41 bits per heavy atom. The summed E-state index contributed by atoms with van der Waals surface area (Å²) in [5.41, 5.74) is 5.54. The normalized spacial score (nSPS) is 12.6. The van der Waals surface area contributed by atoms with Gasteiger partial charge in [-0.25, -0.2) is 8.42 Å². The molecule has 6 nitrogen and oxygen atoms in total. The summed E-state index contributed by atoms with van der Waals surface area (Å²) in [7, 11) is -4.64. The van der Waals surface area contributed by atoms with Gasteiger partial charge in [-0.05, 0) is 11.6 Å². The van der Waals surface area contributed by atoms with Crippen molar-refractivity contribution in [2.75, 3.05) is 0 Å². The third-order valence-corrected chi connectivity index (χ3v) is 2.89. The minimum Gasteiger partial charge on any atom is -0.744 e. The maximum atomic E-state index is 10.9. The van der Waals surface area contributed by atoms with Gasteiger partial charge >= 0.3 is 35.5 Å². The molecule has 1 rings (SSSR count). The Balaban J connectivity index is 0.00000256. The minimum atomic E-state index is -4.64. The van der Waals surface area contributed by atoms with Crippen molar-refractivity contribution in [3.8, 4) is 0 Å². The van der Waals surface area contributed by atoms with Crippen LogP contribution in [0.4, 0.5) is 0 Å². The quantitative estimate of drug-likeness (QED) is 0.445. The zero-order chi connectivity index (χ0) is 12.3. The fraction of sp³-hybridized carbons (Fsp3) is 0.222. The molecule has 88 valence electrons. The Labute approximate surface area is 121 Å². The predicted molar refractivity (Wildman–Crippen MR) is 53.6 cm³/mol. The molecule has 0 spiro atoms. The van der Waals surface area contributed by atoms with Crippen LogP contribution in [0.3, 0.4) is 0 Å². The third-order valence-electron chi connectivity index (χ3n) is 1.98. The second kappa shape index (κ2) is 6.48. The first-order chi connectivity index (χ1) is 7.32. The molecule has 1 aromatic carbocycles. The number of rotatable bonds is 4. The van der Waals surface area contributed by atoms with E-state index in [0.717, 1.165) is 6.07 Å². The summed E-state index contributed by atoms with van der Waals surface area (Å²) in [5, 5.41) is 8.53. The number of nitrogens with two attached hydrogens (primary N) is 1. The average molecular weight is 267 g/mol. The largest absolute Gasteiger partial charge is 1.00 e. The van der Waals surface area contributed by atoms with Crippen LogP contribution in [0.25, 0.3) is 0 Å². The SMILES string of the molecule is NC(CC(=O)O)c1ccccc1S(=O)(=O)[O-].[Na+]. The molecule has 0 heterocycles. The fourth-order valence-corrected chi connectivity index (χ4v) is 2.07. The summed E-state index contributed by atoms with van der Waals surface area (Å²) in [4.78, 5) is 9.97. The Kier molecular flexibility index (Phi) is 6.31. The number of carboxylic acids is 1. The van der Waals surface area contributed by atoms with Crippen LogP contribution in [0.15, 0.2) is 29.2 Å². The Hall–Kier alpha value is -0.440. The molecule has 3 N–H and O–H groups in total. The Morgan fingerprint density at radius 3 is 2.41 bits per heavy atom. The Bertz CT molecular complexity index is 502. The van der Waals surface area contributed by atoms with Gasteiger partial charge in [-0.3, -0.25) is 4.79 Å². The van der Waals surface area contributed by atoms with Crippen LogP contribution in [-0.2, 0) is 14.9 Å². The van der Waals surface area contributed by atoms with Crippen LogP contribution in [-0.4, -0.2) is 24.0 Å². The maximum Gasteiger partial charge on any atom is 1.00 e. The van der Waals surface area contributed by atoms with E-state index in [0.29, 0.717) is 0 Å². The standard InChI is InChI=1S/C9H11NO5S.Na/c10-7(5-9(11)12)6-3-1-2-4-8(6)16(13,14)15;/h1-4,7H,5,10H2,(H,11,12)(H,13,14,15);/q;+1/p-1. The molecule has 0 radical (unpaired) electrons. The minimum absolute atomic E-state index is 0. The molecule has 1 unspecified atom stereocenters. The molecule has 8 heteroatoms. The monoisotopic (exact) mass is 267 g/mol. The molecule has 0 saturated carbocycles. The van der Waals surface area contributed by atoms with Crippen molar-refractivity contribution < 1.29 is 52.4 Å². The van der Waals surface area contributed by atoms with Gasteiger partial charge in [0.15, 0.2) is 0 Å². The molecule has 0 aliphatic rings. The van der Waals surface area contributed by atoms with Crippen molar-refractivity contribution in [1.29, 1.82) is 0 Å². The molecule has 0 aliphatic heterocycles. The van der Waals surface area contributed by atoms with Crippen LogP contribution in [0.2, 0.25) is 0 Å². The first-order valence-corrected chi connectivity index (χ1v) is 5.75. The van der Waals surface area contributed by atoms with E-state index in [9.17, 15) is 17.8 Å². The second-order valence-electron chi connectivity index (χ2n) is 3.20. The van der Waals surface area contributed by atoms with Gasteiger partial charge in [0.1, 0.15) is 10.1 Å². The zero-order valence-electron chi connectivity index (χ0n) is 9.16. The van der Waals surface area contributed by atoms with Gasteiger partial charge in [-0.1, -0.05) is 18.2 Å². The van der Waals surface area contributed by atoms with Crippen molar-refractivity contribution in [2.24, 2.45) is 5.73 Å². The van der Waals surface area contributed by atoms with Gasteiger partial charge in [-0.15, -0.1) is 0 Å². The summed E-state index contributed by atoms with van der Waals surface area (Å²) in [5.74, 6) is -1.16. The maximum absolute atomic E-state index is 10.9. The van der Waals surface area contributed by atoms with Crippen LogP contribution in [0, 0.1) is 0 Å². The molecule has 0 amide bonds. The van der Waals surface area contributed by atoms with E-state index in [1.165, 1.54) is 18.2 Å². The molecule has 0 aliphatic carbocycles. The van der Waals surface area contributed by atoms with E-state index in [1.807, 2.05) is 0 Å². The number of carboxylic acid groups (broad SMARTS) is 1. The molecule has 0 aromatic heterocycles. The predicted octanol–water partition coefficient (Wildman–Crippen LogP) is -2.93. The first kappa shape index (κ1) is 16.6. The van der Waals surface area contributed by atoms with Gasteiger partial charge < -0.3 is 15.4 Å². The van der Waals surface area contributed by atoms with Crippen LogP contribution in [0.1, 0.15) is 18.0 Å². The molecule has 0 fully saturated rings. The number of hydrogen-bond donors (Lipinski definition) is 2. The van der Waals surface area contributed by atoms with Gasteiger partial charge in [0.2, 0.25) is 0 Å². The van der Waals surface area contributed by atoms with E-state index in [4.69, 9.17) is 10.8 Å². The summed E-state index contributed by atoms with van der Waals surface area (Å²) in [6, 6.07) is 4.29. The smallest absolute Gasteiger partial charge is 0.744 e. The van der Waals surface area contributed by atoms with E-state index < -0.39 is 33.4 Å². The van der Waals surface area contributed by atoms with Crippen molar-refractivity contribution >= 4 is 16.1 Å².